The first-order valence-corrected chi connectivity index (χ1v) is 3.18. The van der Waals surface area contributed by atoms with Gasteiger partial charge >= 0.3 is 0 Å². The Bertz CT molecular complexity index is 219. The summed E-state index contributed by atoms with van der Waals surface area (Å²) in [5, 5.41) is 14.5. The normalized spacial score (nSPS) is 9.30. The summed E-state index contributed by atoms with van der Waals surface area (Å²) in [5.41, 5.74) is 0.763. The highest BCUT2D eigenvalue weighted by molar-refractivity contribution is 6.29. The van der Waals surface area contributed by atoms with E-state index in [0.717, 1.165) is 5.69 Å². The molecule has 3 nitrogen and oxygen atoms in total. The second kappa shape index (κ2) is 3.27. The van der Waals surface area contributed by atoms with Crippen LogP contribution in [0.1, 0.15) is 5.69 Å². The van der Waals surface area contributed by atoms with Gasteiger partial charge in [0.15, 0.2) is 5.15 Å². The van der Waals surface area contributed by atoms with E-state index in [0.29, 0.717) is 11.6 Å². The van der Waals surface area contributed by atoms with Crippen molar-refractivity contribution in [2.24, 2.45) is 0 Å². The fourth-order valence-corrected chi connectivity index (χ4v) is 0.658. The van der Waals surface area contributed by atoms with Crippen LogP contribution in [0.15, 0.2) is 12.1 Å². The van der Waals surface area contributed by atoms with Crippen LogP contribution in [0.3, 0.4) is 0 Å². The minimum Gasteiger partial charge on any atom is -0.313 e. The highest BCUT2D eigenvalue weighted by Crippen LogP contribution is 2.01. The van der Waals surface area contributed by atoms with Gasteiger partial charge in [-0.3, -0.25) is 0 Å². The van der Waals surface area contributed by atoms with Crippen molar-refractivity contribution in [1.82, 2.24) is 10.2 Å². The second-order valence-corrected chi connectivity index (χ2v) is 2.14. The first-order chi connectivity index (χ1) is 4.83. The van der Waals surface area contributed by atoms with Crippen molar-refractivity contribution in [1.29, 1.82) is 5.41 Å². The van der Waals surface area contributed by atoms with Gasteiger partial charge in [-0.05, 0) is 12.1 Å². The molecule has 1 rings (SSSR count). The van der Waals surface area contributed by atoms with Crippen molar-refractivity contribution >= 4 is 17.8 Å². The molecular weight excluding hydrogens is 150 g/mol. The smallest absolute Gasteiger partial charge is 0.151 e. The topological polar surface area (TPSA) is 49.6 Å². The van der Waals surface area contributed by atoms with Crippen molar-refractivity contribution in [3.8, 4) is 0 Å². The molecule has 0 aliphatic rings. The van der Waals surface area contributed by atoms with Crippen LogP contribution in [0.2, 0.25) is 5.15 Å². The van der Waals surface area contributed by atoms with Gasteiger partial charge in [0.25, 0.3) is 0 Å². The van der Waals surface area contributed by atoms with Crippen molar-refractivity contribution in [3.05, 3.63) is 23.0 Å². The van der Waals surface area contributed by atoms with Gasteiger partial charge in [0.05, 0.1) is 5.69 Å². The minimum absolute atomic E-state index is 0.383. The van der Waals surface area contributed by atoms with E-state index in [9.17, 15) is 0 Å². The third-order valence-electron chi connectivity index (χ3n) is 0.998. The van der Waals surface area contributed by atoms with Crippen LogP contribution in [0.25, 0.3) is 0 Å². The molecule has 10 heavy (non-hydrogen) atoms. The molecule has 0 saturated heterocycles. The second-order valence-electron chi connectivity index (χ2n) is 1.76. The predicted molar refractivity (Wildman–Crippen MR) is 39.5 cm³/mol. The van der Waals surface area contributed by atoms with Gasteiger partial charge in [-0.1, -0.05) is 11.6 Å². The summed E-state index contributed by atoms with van der Waals surface area (Å²) in [7, 11) is 0. The zero-order valence-corrected chi connectivity index (χ0v) is 5.97. The van der Waals surface area contributed by atoms with E-state index < -0.39 is 0 Å². The number of rotatable bonds is 2. The SMILES string of the molecule is N=CCc1ccc(Cl)nn1. The standard InChI is InChI=1S/C6H6ClN3/c7-6-2-1-5(3-4-8)9-10-6/h1-2,4,8H,3H2. The average molecular weight is 156 g/mol. The quantitative estimate of drug-likeness (QED) is 0.655. The fourth-order valence-electron chi connectivity index (χ4n) is 0.557. The molecule has 1 heterocycles. The maximum absolute atomic E-state index is 6.77. The molecule has 0 unspecified atom stereocenters. The van der Waals surface area contributed by atoms with Gasteiger partial charge in [0, 0.05) is 12.6 Å². The van der Waals surface area contributed by atoms with E-state index >= 15 is 0 Å². The van der Waals surface area contributed by atoms with Crippen LogP contribution in [-0.2, 0) is 6.42 Å². The number of hydrogen-bond acceptors (Lipinski definition) is 3. The number of hydrogen-bond donors (Lipinski definition) is 1. The van der Waals surface area contributed by atoms with Crippen molar-refractivity contribution in [3.63, 3.8) is 0 Å². The zero-order valence-electron chi connectivity index (χ0n) is 5.21. The molecule has 0 spiro atoms. The molecule has 52 valence electrons. The first-order valence-electron chi connectivity index (χ1n) is 2.80. The summed E-state index contributed by atoms with van der Waals surface area (Å²) in [4.78, 5) is 0. The minimum atomic E-state index is 0.383. The van der Waals surface area contributed by atoms with E-state index in [1.54, 1.807) is 12.1 Å². The summed E-state index contributed by atoms with van der Waals surface area (Å²) in [6, 6.07) is 3.41. The Morgan fingerprint density at radius 2 is 2.30 bits per heavy atom. The van der Waals surface area contributed by atoms with Gasteiger partial charge in [0.2, 0.25) is 0 Å². The molecule has 0 aromatic carbocycles. The Morgan fingerprint density at radius 3 is 2.80 bits per heavy atom. The lowest BCUT2D eigenvalue weighted by Gasteiger charge is -1.91. The predicted octanol–water partition coefficient (Wildman–Crippen LogP) is 1.32. The molecule has 4 heteroatoms. The van der Waals surface area contributed by atoms with E-state index in [2.05, 4.69) is 10.2 Å². The summed E-state index contributed by atoms with van der Waals surface area (Å²) >= 11 is 5.48. The van der Waals surface area contributed by atoms with E-state index in [-0.39, 0.29) is 0 Å². The summed E-state index contributed by atoms with van der Waals surface area (Å²) in [5.74, 6) is 0. The highest BCUT2D eigenvalue weighted by atomic mass is 35.5. The van der Waals surface area contributed by atoms with Crippen LogP contribution >= 0.6 is 11.6 Å². The molecule has 1 aromatic rings. The van der Waals surface area contributed by atoms with E-state index in [4.69, 9.17) is 17.0 Å². The van der Waals surface area contributed by atoms with Gasteiger partial charge in [-0.2, -0.15) is 5.10 Å². The number of halogens is 1. The van der Waals surface area contributed by atoms with Crippen LogP contribution < -0.4 is 0 Å². The lowest BCUT2D eigenvalue weighted by atomic mass is 10.3. The molecule has 0 atom stereocenters. The third kappa shape index (κ3) is 1.77. The molecule has 0 saturated carbocycles. The Kier molecular flexibility index (Phi) is 2.34. The average Bonchev–Trinajstić information content (AvgIpc) is 1.95. The third-order valence-corrected chi connectivity index (χ3v) is 1.20. The number of nitrogens with one attached hydrogen (secondary N) is 1. The molecule has 0 amide bonds. The Hall–Kier alpha value is -0.960. The van der Waals surface area contributed by atoms with Gasteiger partial charge in [-0.25, -0.2) is 0 Å². The van der Waals surface area contributed by atoms with Crippen LogP contribution in [0.4, 0.5) is 0 Å². The molecule has 0 aliphatic heterocycles. The first kappa shape index (κ1) is 7.15. The van der Waals surface area contributed by atoms with Gasteiger partial charge < -0.3 is 5.41 Å². The molecule has 0 bridgehead atoms. The molecule has 1 N–H and O–H groups in total. The molecular formula is C6H6ClN3. The highest BCUT2D eigenvalue weighted by Gasteiger charge is 1.91. The Balaban J connectivity index is 2.78. The maximum atomic E-state index is 6.77. The summed E-state index contributed by atoms with van der Waals surface area (Å²) in [6.45, 7) is 0. The van der Waals surface area contributed by atoms with Crippen molar-refractivity contribution in [2.75, 3.05) is 0 Å². The number of aromatic nitrogens is 2. The molecule has 0 radical (unpaired) electrons. The lowest BCUT2D eigenvalue weighted by molar-refractivity contribution is 0.962. The van der Waals surface area contributed by atoms with Gasteiger partial charge in [-0.15, -0.1) is 5.10 Å². The molecule has 1 aromatic heterocycles. The van der Waals surface area contributed by atoms with Crippen LogP contribution in [0.5, 0.6) is 0 Å². The monoisotopic (exact) mass is 155 g/mol. The van der Waals surface area contributed by atoms with Crippen LogP contribution in [0, 0.1) is 5.41 Å². The van der Waals surface area contributed by atoms with E-state index in [1.807, 2.05) is 0 Å². The fraction of sp³-hybridized carbons (Fsp3) is 0.167. The van der Waals surface area contributed by atoms with Crippen molar-refractivity contribution < 1.29 is 0 Å². The largest absolute Gasteiger partial charge is 0.313 e. The Labute approximate surface area is 63.6 Å². The van der Waals surface area contributed by atoms with Crippen LogP contribution in [-0.4, -0.2) is 16.4 Å². The van der Waals surface area contributed by atoms with E-state index in [1.165, 1.54) is 6.21 Å². The summed E-state index contributed by atoms with van der Waals surface area (Å²) < 4.78 is 0. The lowest BCUT2D eigenvalue weighted by Crippen LogP contribution is -1.92. The summed E-state index contributed by atoms with van der Waals surface area (Å²) in [6.07, 6.45) is 1.79. The molecule has 0 fully saturated rings. The number of nitrogens with zero attached hydrogens (tertiary/aromatic N) is 2. The molecule has 0 aliphatic carbocycles. The van der Waals surface area contributed by atoms with Crippen molar-refractivity contribution in [2.45, 2.75) is 6.42 Å². The maximum Gasteiger partial charge on any atom is 0.151 e. The Morgan fingerprint density at radius 1 is 1.50 bits per heavy atom. The van der Waals surface area contributed by atoms with Gasteiger partial charge in [0.1, 0.15) is 0 Å². The zero-order chi connectivity index (χ0) is 7.40.